The first-order chi connectivity index (χ1) is 15.4. The molecule has 0 bridgehead atoms. The molecule has 0 aliphatic carbocycles. The standard InChI is InChI=1S/C24H20ClF2N3O2/c25-18-7-2-1-6-17(18)23(31)28-21-8-3-4-9-22(21)30-13-5-12-29(24(30)32)15-16-10-11-19(26)20(27)14-16/h1-4,6-11,14H,5,12-13,15H2,(H,28,31). The molecule has 0 unspecified atom stereocenters. The predicted molar refractivity (Wildman–Crippen MR) is 120 cm³/mol. The van der Waals surface area contributed by atoms with E-state index in [0.29, 0.717) is 47.0 Å². The van der Waals surface area contributed by atoms with Crippen LogP contribution in [0.15, 0.2) is 66.7 Å². The molecule has 1 aliphatic heterocycles. The summed E-state index contributed by atoms with van der Waals surface area (Å²) in [5.41, 5.74) is 1.85. The molecule has 164 valence electrons. The van der Waals surface area contributed by atoms with Crippen LogP contribution in [0.3, 0.4) is 0 Å². The second kappa shape index (κ2) is 9.36. The van der Waals surface area contributed by atoms with Crippen molar-refractivity contribution >= 4 is 34.9 Å². The molecule has 5 nitrogen and oxygen atoms in total. The number of hydrogen-bond donors (Lipinski definition) is 1. The molecule has 3 amide bonds. The molecule has 0 atom stereocenters. The van der Waals surface area contributed by atoms with Gasteiger partial charge in [0, 0.05) is 19.6 Å². The lowest BCUT2D eigenvalue weighted by Gasteiger charge is -2.36. The summed E-state index contributed by atoms with van der Waals surface area (Å²) >= 11 is 6.13. The summed E-state index contributed by atoms with van der Waals surface area (Å²) in [5.74, 6) is -2.26. The number of carbonyl (C=O) groups excluding carboxylic acids is 2. The number of nitrogens with one attached hydrogen (secondary N) is 1. The van der Waals surface area contributed by atoms with Gasteiger partial charge >= 0.3 is 6.03 Å². The quantitative estimate of drug-likeness (QED) is 0.536. The van der Waals surface area contributed by atoms with Crippen molar-refractivity contribution in [3.05, 3.63) is 94.5 Å². The van der Waals surface area contributed by atoms with Crippen molar-refractivity contribution < 1.29 is 18.4 Å². The highest BCUT2D eigenvalue weighted by Crippen LogP contribution is 2.30. The number of amides is 3. The maximum Gasteiger partial charge on any atom is 0.324 e. The van der Waals surface area contributed by atoms with Crippen molar-refractivity contribution in [3.8, 4) is 0 Å². The van der Waals surface area contributed by atoms with E-state index in [4.69, 9.17) is 11.6 Å². The van der Waals surface area contributed by atoms with Crippen molar-refractivity contribution in [2.24, 2.45) is 0 Å². The van der Waals surface area contributed by atoms with Crippen molar-refractivity contribution in [2.45, 2.75) is 13.0 Å². The average Bonchev–Trinajstić information content (AvgIpc) is 2.78. The minimum Gasteiger partial charge on any atom is -0.320 e. The van der Waals surface area contributed by atoms with Gasteiger partial charge in [-0.15, -0.1) is 0 Å². The molecule has 4 rings (SSSR count). The van der Waals surface area contributed by atoms with Gasteiger partial charge in [0.25, 0.3) is 5.91 Å². The van der Waals surface area contributed by atoms with Gasteiger partial charge in [-0.3, -0.25) is 9.69 Å². The van der Waals surface area contributed by atoms with Gasteiger partial charge < -0.3 is 10.2 Å². The fraction of sp³-hybridized carbons (Fsp3) is 0.167. The third-order valence-corrected chi connectivity index (χ3v) is 5.56. The number of para-hydroxylation sites is 2. The Balaban J connectivity index is 1.55. The van der Waals surface area contributed by atoms with Crippen LogP contribution in [0.1, 0.15) is 22.3 Å². The second-order valence-electron chi connectivity index (χ2n) is 7.41. The zero-order chi connectivity index (χ0) is 22.7. The van der Waals surface area contributed by atoms with Crippen molar-refractivity contribution in [2.75, 3.05) is 23.3 Å². The summed E-state index contributed by atoms with van der Waals surface area (Å²) in [6.45, 7) is 1.11. The highest BCUT2D eigenvalue weighted by atomic mass is 35.5. The van der Waals surface area contributed by atoms with E-state index in [1.54, 1.807) is 58.3 Å². The van der Waals surface area contributed by atoms with Crippen LogP contribution in [0.4, 0.5) is 25.0 Å². The topological polar surface area (TPSA) is 52.7 Å². The minimum absolute atomic E-state index is 0.153. The monoisotopic (exact) mass is 455 g/mol. The van der Waals surface area contributed by atoms with E-state index in [9.17, 15) is 18.4 Å². The third-order valence-electron chi connectivity index (χ3n) is 5.23. The number of nitrogens with zero attached hydrogens (tertiary/aromatic N) is 2. The second-order valence-corrected chi connectivity index (χ2v) is 7.82. The average molecular weight is 456 g/mol. The molecule has 1 aliphatic rings. The molecule has 0 radical (unpaired) electrons. The summed E-state index contributed by atoms with van der Waals surface area (Å²) in [6, 6.07) is 17.0. The molecule has 1 saturated heterocycles. The lowest BCUT2D eigenvalue weighted by molar-refractivity contribution is 0.102. The lowest BCUT2D eigenvalue weighted by Crippen LogP contribution is -2.49. The van der Waals surface area contributed by atoms with Gasteiger partial charge in [0.2, 0.25) is 0 Å². The Labute approximate surface area is 189 Å². The predicted octanol–water partition coefficient (Wildman–Crippen LogP) is 5.70. The van der Waals surface area contributed by atoms with Crippen LogP contribution in [0.25, 0.3) is 0 Å². The van der Waals surface area contributed by atoms with Crippen molar-refractivity contribution in [1.82, 2.24) is 4.90 Å². The Morgan fingerprint density at radius 1 is 0.969 bits per heavy atom. The molecule has 3 aromatic carbocycles. The normalized spacial score (nSPS) is 13.9. The van der Waals surface area contributed by atoms with E-state index in [2.05, 4.69) is 5.32 Å². The smallest absolute Gasteiger partial charge is 0.320 e. The van der Waals surface area contributed by atoms with Crippen LogP contribution in [0.5, 0.6) is 0 Å². The number of benzene rings is 3. The maximum absolute atomic E-state index is 13.6. The first-order valence-electron chi connectivity index (χ1n) is 10.1. The van der Waals surface area contributed by atoms with Gasteiger partial charge in [-0.1, -0.05) is 41.9 Å². The fourth-order valence-electron chi connectivity index (χ4n) is 3.66. The minimum atomic E-state index is -0.948. The Hall–Kier alpha value is -3.45. The first-order valence-corrected chi connectivity index (χ1v) is 10.5. The Bertz CT molecular complexity index is 1170. The number of halogens is 3. The van der Waals surface area contributed by atoms with E-state index < -0.39 is 11.6 Å². The SMILES string of the molecule is O=C(Nc1ccccc1N1CCCN(Cc2ccc(F)c(F)c2)C1=O)c1ccccc1Cl. The molecule has 1 heterocycles. The van der Waals surface area contributed by atoms with Crippen LogP contribution in [-0.2, 0) is 6.54 Å². The molecule has 0 saturated carbocycles. The Kier molecular flexibility index (Phi) is 6.37. The van der Waals surface area contributed by atoms with Gasteiger partial charge in [0.1, 0.15) is 0 Å². The summed E-state index contributed by atoms with van der Waals surface area (Å²) in [4.78, 5) is 29.1. The number of rotatable bonds is 5. The van der Waals surface area contributed by atoms with Crippen LogP contribution in [0, 0.1) is 11.6 Å². The number of carbonyl (C=O) groups is 2. The van der Waals surface area contributed by atoms with E-state index >= 15 is 0 Å². The number of anilines is 2. The van der Waals surface area contributed by atoms with Gasteiger partial charge in [-0.2, -0.15) is 0 Å². The molecule has 8 heteroatoms. The summed E-state index contributed by atoms with van der Waals surface area (Å²) in [7, 11) is 0. The summed E-state index contributed by atoms with van der Waals surface area (Å²) in [6.07, 6.45) is 0.683. The number of hydrogen-bond acceptors (Lipinski definition) is 2. The Morgan fingerprint density at radius 3 is 2.50 bits per heavy atom. The summed E-state index contributed by atoms with van der Waals surface area (Å²) < 4.78 is 26.8. The van der Waals surface area contributed by atoms with Crippen molar-refractivity contribution in [1.29, 1.82) is 0 Å². The van der Waals surface area contributed by atoms with Gasteiger partial charge in [-0.05, 0) is 48.4 Å². The molecule has 1 N–H and O–H groups in total. The fourth-order valence-corrected chi connectivity index (χ4v) is 3.88. The zero-order valence-electron chi connectivity index (χ0n) is 17.0. The van der Waals surface area contributed by atoms with E-state index in [-0.39, 0.29) is 18.5 Å². The van der Waals surface area contributed by atoms with Crippen LogP contribution < -0.4 is 10.2 Å². The zero-order valence-corrected chi connectivity index (χ0v) is 17.8. The van der Waals surface area contributed by atoms with E-state index in [0.717, 1.165) is 12.1 Å². The molecular formula is C24H20ClF2N3O2. The maximum atomic E-state index is 13.6. The van der Waals surface area contributed by atoms with Crippen LogP contribution in [-0.4, -0.2) is 29.9 Å². The number of urea groups is 1. The van der Waals surface area contributed by atoms with Crippen molar-refractivity contribution in [3.63, 3.8) is 0 Å². The van der Waals surface area contributed by atoms with Gasteiger partial charge in [0.15, 0.2) is 11.6 Å². The molecule has 1 fully saturated rings. The lowest BCUT2D eigenvalue weighted by atomic mass is 10.1. The van der Waals surface area contributed by atoms with E-state index in [1.807, 2.05) is 0 Å². The highest BCUT2D eigenvalue weighted by Gasteiger charge is 2.29. The van der Waals surface area contributed by atoms with E-state index in [1.165, 1.54) is 6.07 Å². The molecule has 0 aromatic heterocycles. The van der Waals surface area contributed by atoms with Crippen LogP contribution in [0.2, 0.25) is 5.02 Å². The molecule has 32 heavy (non-hydrogen) atoms. The third kappa shape index (κ3) is 4.57. The van der Waals surface area contributed by atoms with Gasteiger partial charge in [0.05, 0.1) is 22.0 Å². The first kappa shape index (κ1) is 21.8. The molecule has 0 spiro atoms. The summed E-state index contributed by atoms with van der Waals surface area (Å²) in [5, 5.41) is 3.16. The Morgan fingerprint density at radius 2 is 1.72 bits per heavy atom. The molecule has 3 aromatic rings. The largest absolute Gasteiger partial charge is 0.324 e. The molecular weight excluding hydrogens is 436 g/mol. The van der Waals surface area contributed by atoms with Crippen LogP contribution >= 0.6 is 11.6 Å². The van der Waals surface area contributed by atoms with Gasteiger partial charge in [-0.25, -0.2) is 13.6 Å². The highest BCUT2D eigenvalue weighted by molar-refractivity contribution is 6.34.